The largest absolute Gasteiger partial charge is 0.508 e. The van der Waals surface area contributed by atoms with Crippen LogP contribution in [0, 0.1) is 0 Å². The van der Waals surface area contributed by atoms with Gasteiger partial charge < -0.3 is 15.6 Å². The number of hydrogen-bond acceptors (Lipinski definition) is 4. The van der Waals surface area contributed by atoms with Crippen LogP contribution in [0.5, 0.6) is 11.5 Å². The Bertz CT molecular complexity index is 748. The molecule has 126 valence electrons. The van der Waals surface area contributed by atoms with Crippen LogP contribution in [0.2, 0.25) is 0 Å². The van der Waals surface area contributed by atoms with Crippen LogP contribution in [0.4, 0.5) is 14.5 Å². The third-order valence-electron chi connectivity index (χ3n) is 3.05. The zero-order valence-electron chi connectivity index (χ0n) is 12.7. The summed E-state index contributed by atoms with van der Waals surface area (Å²) in [5, 5.41) is 9.41. The number of rotatable bonds is 4. The smallest absolute Gasteiger partial charge is 0.387 e. The van der Waals surface area contributed by atoms with Crippen molar-refractivity contribution in [1.82, 2.24) is 4.90 Å². The molecular weight excluding hydrogens is 320 g/mol. The molecule has 0 saturated heterocycles. The van der Waals surface area contributed by atoms with Crippen LogP contribution in [0.15, 0.2) is 53.5 Å². The SMILES string of the molecule is CN(C(=O)c1cccc(O)c1)/C(N)=N\c1ccc(OC(F)F)cc1. The molecule has 0 unspecified atom stereocenters. The minimum atomic E-state index is -2.91. The molecule has 8 heteroatoms. The summed E-state index contributed by atoms with van der Waals surface area (Å²) in [6.07, 6.45) is 0. The quantitative estimate of drug-likeness (QED) is 0.664. The monoisotopic (exact) mass is 335 g/mol. The second kappa shape index (κ2) is 7.40. The van der Waals surface area contributed by atoms with Crippen LogP contribution in [0.25, 0.3) is 0 Å². The van der Waals surface area contributed by atoms with E-state index in [0.717, 1.165) is 4.90 Å². The molecule has 3 N–H and O–H groups in total. The van der Waals surface area contributed by atoms with Gasteiger partial charge in [-0.2, -0.15) is 8.78 Å². The highest BCUT2D eigenvalue weighted by Crippen LogP contribution is 2.20. The van der Waals surface area contributed by atoms with Crippen LogP contribution in [0.1, 0.15) is 10.4 Å². The molecule has 0 heterocycles. The van der Waals surface area contributed by atoms with Crippen molar-refractivity contribution in [3.63, 3.8) is 0 Å². The summed E-state index contributed by atoms with van der Waals surface area (Å²) in [6, 6.07) is 11.3. The molecule has 2 aromatic rings. The number of ether oxygens (including phenoxy) is 1. The number of amides is 1. The van der Waals surface area contributed by atoms with Crippen molar-refractivity contribution in [2.45, 2.75) is 6.61 Å². The lowest BCUT2D eigenvalue weighted by Crippen LogP contribution is -2.38. The van der Waals surface area contributed by atoms with Gasteiger partial charge in [0.25, 0.3) is 5.91 Å². The zero-order valence-corrected chi connectivity index (χ0v) is 12.7. The molecule has 0 aliphatic carbocycles. The van der Waals surface area contributed by atoms with E-state index in [1.54, 1.807) is 0 Å². The second-order valence-electron chi connectivity index (χ2n) is 4.76. The number of phenols is 1. The van der Waals surface area contributed by atoms with E-state index in [4.69, 9.17) is 5.73 Å². The predicted octanol–water partition coefficient (Wildman–Crippen LogP) is 2.71. The van der Waals surface area contributed by atoms with Gasteiger partial charge >= 0.3 is 6.61 Å². The highest BCUT2D eigenvalue weighted by atomic mass is 19.3. The third-order valence-corrected chi connectivity index (χ3v) is 3.05. The molecule has 0 spiro atoms. The highest BCUT2D eigenvalue weighted by molar-refractivity contribution is 6.05. The Hall–Kier alpha value is -3.16. The molecule has 0 aliphatic rings. The first kappa shape index (κ1) is 17.2. The number of alkyl halides is 2. The molecule has 0 aromatic heterocycles. The molecule has 2 rings (SSSR count). The summed E-state index contributed by atoms with van der Waals surface area (Å²) in [4.78, 5) is 17.4. The molecule has 24 heavy (non-hydrogen) atoms. The lowest BCUT2D eigenvalue weighted by Gasteiger charge is -2.16. The summed E-state index contributed by atoms with van der Waals surface area (Å²) >= 11 is 0. The number of phenolic OH excluding ortho intramolecular Hbond substituents is 1. The van der Waals surface area contributed by atoms with E-state index < -0.39 is 12.5 Å². The number of carbonyl (C=O) groups is 1. The number of hydrogen-bond donors (Lipinski definition) is 2. The van der Waals surface area contributed by atoms with Crippen molar-refractivity contribution in [1.29, 1.82) is 0 Å². The van der Waals surface area contributed by atoms with Gasteiger partial charge in [0.1, 0.15) is 11.5 Å². The number of aliphatic imine (C=N–C) groups is 1. The molecule has 0 atom stereocenters. The Morgan fingerprint density at radius 1 is 1.25 bits per heavy atom. The summed E-state index contributed by atoms with van der Waals surface area (Å²) in [5.74, 6) is -0.596. The lowest BCUT2D eigenvalue weighted by molar-refractivity contribution is -0.0498. The Morgan fingerprint density at radius 2 is 1.92 bits per heavy atom. The van der Waals surface area contributed by atoms with Gasteiger partial charge in [-0.05, 0) is 42.5 Å². The zero-order chi connectivity index (χ0) is 17.7. The number of carbonyl (C=O) groups excluding carboxylic acids is 1. The number of nitrogens with zero attached hydrogens (tertiary/aromatic N) is 2. The molecule has 0 bridgehead atoms. The van der Waals surface area contributed by atoms with Crippen molar-refractivity contribution in [3.05, 3.63) is 54.1 Å². The Morgan fingerprint density at radius 3 is 2.50 bits per heavy atom. The normalized spacial score (nSPS) is 11.4. The van der Waals surface area contributed by atoms with Gasteiger partial charge in [-0.15, -0.1) is 0 Å². The molecule has 2 aromatic carbocycles. The lowest BCUT2D eigenvalue weighted by atomic mass is 10.2. The van der Waals surface area contributed by atoms with E-state index in [-0.39, 0.29) is 23.0 Å². The standard InChI is InChI=1S/C16H15F2N3O3/c1-21(14(23)10-3-2-4-12(22)9-10)16(19)20-11-5-7-13(8-6-11)24-15(17)18/h2-9,15,22H,1H3,(H2,19,20). The van der Waals surface area contributed by atoms with Crippen LogP contribution in [0.3, 0.4) is 0 Å². The van der Waals surface area contributed by atoms with E-state index in [9.17, 15) is 18.7 Å². The van der Waals surface area contributed by atoms with Gasteiger partial charge in [0.15, 0.2) is 0 Å². The van der Waals surface area contributed by atoms with E-state index in [1.165, 1.54) is 55.6 Å². The van der Waals surface area contributed by atoms with E-state index in [2.05, 4.69) is 9.73 Å². The topological polar surface area (TPSA) is 88.2 Å². The van der Waals surface area contributed by atoms with Crippen molar-refractivity contribution < 1.29 is 23.4 Å². The van der Waals surface area contributed by atoms with Gasteiger partial charge in [-0.3, -0.25) is 9.69 Å². The Labute approximate surface area is 136 Å². The highest BCUT2D eigenvalue weighted by Gasteiger charge is 2.15. The Balaban J connectivity index is 2.13. The molecule has 0 aliphatic heterocycles. The molecular formula is C16H15F2N3O3. The maximum Gasteiger partial charge on any atom is 0.387 e. The number of benzene rings is 2. The van der Waals surface area contributed by atoms with E-state index in [1.807, 2.05) is 0 Å². The summed E-state index contributed by atoms with van der Waals surface area (Å²) in [5.41, 5.74) is 6.40. The van der Waals surface area contributed by atoms with Gasteiger partial charge in [0, 0.05) is 12.6 Å². The number of aromatic hydroxyl groups is 1. The summed E-state index contributed by atoms with van der Waals surface area (Å²) < 4.78 is 28.4. The molecule has 6 nitrogen and oxygen atoms in total. The third kappa shape index (κ3) is 4.42. The van der Waals surface area contributed by atoms with Crippen LogP contribution in [-0.4, -0.2) is 35.5 Å². The number of guanidine groups is 1. The van der Waals surface area contributed by atoms with Gasteiger partial charge in [0.05, 0.1) is 5.69 Å². The predicted molar refractivity (Wildman–Crippen MR) is 84.6 cm³/mol. The van der Waals surface area contributed by atoms with Crippen LogP contribution < -0.4 is 10.5 Å². The first-order chi connectivity index (χ1) is 11.4. The summed E-state index contributed by atoms with van der Waals surface area (Å²) in [7, 11) is 1.43. The molecule has 0 fully saturated rings. The molecule has 0 radical (unpaired) electrons. The maximum atomic E-state index is 12.3. The fraction of sp³-hybridized carbons (Fsp3) is 0.125. The average molecular weight is 335 g/mol. The van der Waals surface area contributed by atoms with E-state index >= 15 is 0 Å². The maximum absolute atomic E-state index is 12.3. The van der Waals surface area contributed by atoms with E-state index in [0.29, 0.717) is 5.69 Å². The molecule has 0 saturated carbocycles. The van der Waals surface area contributed by atoms with Gasteiger partial charge in [0.2, 0.25) is 5.96 Å². The Kier molecular flexibility index (Phi) is 5.31. The number of nitrogens with two attached hydrogens (primary N) is 1. The first-order valence-corrected chi connectivity index (χ1v) is 6.83. The van der Waals surface area contributed by atoms with Crippen molar-refractivity contribution in [2.75, 3.05) is 7.05 Å². The minimum absolute atomic E-state index is 0.00767. The number of halogens is 2. The van der Waals surface area contributed by atoms with Crippen molar-refractivity contribution in [3.8, 4) is 11.5 Å². The van der Waals surface area contributed by atoms with Crippen LogP contribution in [-0.2, 0) is 0 Å². The van der Waals surface area contributed by atoms with Crippen LogP contribution >= 0.6 is 0 Å². The minimum Gasteiger partial charge on any atom is -0.508 e. The fourth-order valence-electron chi connectivity index (χ4n) is 1.85. The average Bonchev–Trinajstić information content (AvgIpc) is 2.54. The molecule has 1 amide bonds. The second-order valence-corrected chi connectivity index (χ2v) is 4.76. The van der Waals surface area contributed by atoms with Gasteiger partial charge in [-0.1, -0.05) is 6.07 Å². The van der Waals surface area contributed by atoms with Crippen molar-refractivity contribution in [2.24, 2.45) is 10.7 Å². The fourth-order valence-corrected chi connectivity index (χ4v) is 1.85. The first-order valence-electron chi connectivity index (χ1n) is 6.83. The van der Waals surface area contributed by atoms with Crippen molar-refractivity contribution >= 4 is 17.6 Å². The van der Waals surface area contributed by atoms with Gasteiger partial charge in [-0.25, -0.2) is 4.99 Å². The summed E-state index contributed by atoms with van der Waals surface area (Å²) in [6.45, 7) is -2.91.